The van der Waals surface area contributed by atoms with Crippen molar-refractivity contribution in [2.45, 2.75) is 6.54 Å². The summed E-state index contributed by atoms with van der Waals surface area (Å²) < 4.78 is 5.61. The summed E-state index contributed by atoms with van der Waals surface area (Å²) >= 11 is 0. The molecule has 0 saturated heterocycles. The van der Waals surface area contributed by atoms with Crippen LogP contribution in [0, 0.1) is 0 Å². The first-order chi connectivity index (χ1) is 11.5. The van der Waals surface area contributed by atoms with E-state index in [1.54, 1.807) is 47.4 Å². The summed E-state index contributed by atoms with van der Waals surface area (Å²) in [6.45, 7) is 0.363. The predicted octanol–water partition coefficient (Wildman–Crippen LogP) is 2.92. The Hall–Kier alpha value is -3.22. The number of nitrogens with one attached hydrogen (secondary N) is 2. The Morgan fingerprint density at radius 1 is 1.21 bits per heavy atom. The molecule has 3 N–H and O–H groups in total. The first-order valence-corrected chi connectivity index (χ1v) is 7.42. The number of phenols is 1. The lowest BCUT2D eigenvalue weighted by Gasteiger charge is -2.07. The number of urea groups is 1. The van der Waals surface area contributed by atoms with Crippen molar-refractivity contribution in [2.24, 2.45) is 0 Å². The number of rotatable bonds is 4. The number of fused-ring (bicyclic) bond motifs is 1. The van der Waals surface area contributed by atoms with Crippen LogP contribution in [0.25, 0.3) is 11.1 Å². The van der Waals surface area contributed by atoms with Gasteiger partial charge in [-0.15, -0.1) is 0 Å². The summed E-state index contributed by atoms with van der Waals surface area (Å²) in [5, 5.41) is 14.7. The van der Waals surface area contributed by atoms with Crippen molar-refractivity contribution >= 4 is 28.8 Å². The van der Waals surface area contributed by atoms with Crippen molar-refractivity contribution in [2.75, 3.05) is 24.3 Å². The smallest absolute Gasteiger partial charge is 0.319 e. The predicted molar refractivity (Wildman–Crippen MR) is 92.3 cm³/mol. The number of carbonyl (C=O) groups excluding carboxylic acids is 1. The van der Waals surface area contributed by atoms with Gasteiger partial charge in [0.1, 0.15) is 11.3 Å². The molecule has 0 aliphatic carbocycles. The number of carbonyl (C=O) groups is 1. The van der Waals surface area contributed by atoms with E-state index in [2.05, 4.69) is 15.6 Å². The fourth-order valence-corrected chi connectivity index (χ4v) is 2.15. The van der Waals surface area contributed by atoms with Gasteiger partial charge in [0, 0.05) is 32.4 Å². The molecule has 0 saturated carbocycles. The van der Waals surface area contributed by atoms with E-state index in [9.17, 15) is 9.90 Å². The highest BCUT2D eigenvalue weighted by Crippen LogP contribution is 2.23. The Bertz CT molecular complexity index is 856. The van der Waals surface area contributed by atoms with Crippen LogP contribution in [-0.2, 0) is 6.54 Å². The third-order valence-electron chi connectivity index (χ3n) is 3.41. The molecule has 2 aromatic carbocycles. The van der Waals surface area contributed by atoms with E-state index >= 15 is 0 Å². The van der Waals surface area contributed by atoms with Gasteiger partial charge in [-0.3, -0.25) is 0 Å². The second kappa shape index (κ2) is 6.49. The number of anilines is 2. The number of aromatic nitrogens is 1. The van der Waals surface area contributed by atoms with Gasteiger partial charge in [0.25, 0.3) is 6.01 Å². The van der Waals surface area contributed by atoms with Crippen LogP contribution in [0.2, 0.25) is 0 Å². The van der Waals surface area contributed by atoms with E-state index in [-0.39, 0.29) is 11.8 Å². The molecule has 3 aromatic rings. The van der Waals surface area contributed by atoms with Gasteiger partial charge in [0.15, 0.2) is 5.58 Å². The van der Waals surface area contributed by atoms with Crippen LogP contribution in [0.3, 0.4) is 0 Å². The Kier molecular flexibility index (Phi) is 4.24. The summed E-state index contributed by atoms with van der Waals surface area (Å²) in [6.07, 6.45) is 0. The van der Waals surface area contributed by atoms with Crippen molar-refractivity contribution in [3.63, 3.8) is 0 Å². The van der Waals surface area contributed by atoms with Crippen LogP contribution in [-0.4, -0.2) is 30.2 Å². The van der Waals surface area contributed by atoms with Crippen LogP contribution in [0.1, 0.15) is 5.56 Å². The molecule has 24 heavy (non-hydrogen) atoms. The molecule has 0 spiro atoms. The van der Waals surface area contributed by atoms with Gasteiger partial charge < -0.3 is 25.1 Å². The molecular formula is C17H18N4O3. The highest BCUT2D eigenvalue weighted by Gasteiger charge is 2.09. The Morgan fingerprint density at radius 2 is 1.96 bits per heavy atom. The zero-order valence-electron chi connectivity index (χ0n) is 13.4. The fraction of sp³-hybridized carbons (Fsp3) is 0.176. The normalized spacial score (nSPS) is 10.6. The largest absolute Gasteiger partial charge is 0.508 e. The number of hydrogen-bond acceptors (Lipinski definition) is 5. The van der Waals surface area contributed by atoms with Crippen molar-refractivity contribution in [3.8, 4) is 5.75 Å². The van der Waals surface area contributed by atoms with Crippen molar-refractivity contribution in [1.82, 2.24) is 10.3 Å². The maximum atomic E-state index is 12.0. The van der Waals surface area contributed by atoms with Crippen LogP contribution in [0.5, 0.6) is 5.75 Å². The highest BCUT2D eigenvalue weighted by molar-refractivity contribution is 5.91. The number of amides is 2. The summed E-state index contributed by atoms with van der Waals surface area (Å²) in [6, 6.07) is 12.1. The molecule has 2 amide bonds. The second-order valence-electron chi connectivity index (χ2n) is 5.55. The summed E-state index contributed by atoms with van der Waals surface area (Å²) in [7, 11) is 3.70. The average Bonchev–Trinajstić information content (AvgIpc) is 2.98. The van der Waals surface area contributed by atoms with Crippen molar-refractivity contribution < 1.29 is 14.3 Å². The van der Waals surface area contributed by atoms with Crippen LogP contribution < -0.4 is 15.5 Å². The molecule has 0 atom stereocenters. The molecule has 0 aliphatic heterocycles. The molecule has 0 aliphatic rings. The Morgan fingerprint density at radius 3 is 2.67 bits per heavy atom. The molecule has 7 nitrogen and oxygen atoms in total. The minimum atomic E-state index is -0.324. The van der Waals surface area contributed by atoms with Gasteiger partial charge in [-0.1, -0.05) is 12.1 Å². The number of oxazole rings is 1. The first-order valence-electron chi connectivity index (χ1n) is 7.42. The standard InChI is InChI=1S/C17H18N4O3/c1-21(2)17-20-14-8-5-12(9-15(14)24-17)19-16(23)18-10-11-3-6-13(22)7-4-11/h3-9,22H,10H2,1-2H3,(H2,18,19,23). The van der Waals surface area contributed by atoms with Gasteiger partial charge in [0.05, 0.1) is 0 Å². The third kappa shape index (κ3) is 3.57. The molecular weight excluding hydrogens is 308 g/mol. The number of phenolic OH excluding ortho intramolecular Hbond substituents is 1. The van der Waals surface area contributed by atoms with Crippen molar-refractivity contribution in [3.05, 3.63) is 48.0 Å². The molecule has 0 bridgehead atoms. The maximum Gasteiger partial charge on any atom is 0.319 e. The monoisotopic (exact) mass is 326 g/mol. The zero-order valence-corrected chi connectivity index (χ0v) is 13.4. The lowest BCUT2D eigenvalue weighted by atomic mass is 10.2. The first kappa shape index (κ1) is 15.7. The topological polar surface area (TPSA) is 90.6 Å². The third-order valence-corrected chi connectivity index (χ3v) is 3.41. The van der Waals surface area contributed by atoms with Gasteiger partial charge in [-0.25, -0.2) is 4.79 Å². The number of aromatic hydroxyl groups is 1. The van der Waals surface area contributed by atoms with Crippen LogP contribution >= 0.6 is 0 Å². The maximum absolute atomic E-state index is 12.0. The van der Waals surface area contributed by atoms with Crippen LogP contribution in [0.4, 0.5) is 16.5 Å². The van der Waals surface area contributed by atoms with Gasteiger partial charge in [-0.2, -0.15) is 4.98 Å². The number of nitrogens with zero attached hydrogens (tertiary/aromatic N) is 2. The van der Waals surface area contributed by atoms with Crippen LogP contribution in [0.15, 0.2) is 46.9 Å². The Labute approximate surface area is 138 Å². The minimum absolute atomic E-state index is 0.195. The lowest BCUT2D eigenvalue weighted by molar-refractivity contribution is 0.251. The summed E-state index contributed by atoms with van der Waals surface area (Å²) in [5.41, 5.74) is 2.85. The van der Waals surface area contributed by atoms with E-state index in [4.69, 9.17) is 4.42 Å². The van der Waals surface area contributed by atoms with Gasteiger partial charge >= 0.3 is 6.03 Å². The summed E-state index contributed by atoms with van der Waals surface area (Å²) in [5.74, 6) is 0.195. The quantitative estimate of drug-likeness (QED) is 0.686. The van der Waals surface area contributed by atoms with Crippen molar-refractivity contribution in [1.29, 1.82) is 0 Å². The van der Waals surface area contributed by atoms with Gasteiger partial charge in [-0.05, 0) is 29.8 Å². The molecule has 3 rings (SSSR count). The second-order valence-corrected chi connectivity index (χ2v) is 5.55. The fourth-order valence-electron chi connectivity index (χ4n) is 2.15. The van der Waals surface area contributed by atoms with E-state index in [0.29, 0.717) is 23.8 Å². The number of hydrogen-bond donors (Lipinski definition) is 3. The molecule has 0 radical (unpaired) electrons. The lowest BCUT2D eigenvalue weighted by Crippen LogP contribution is -2.28. The van der Waals surface area contributed by atoms with E-state index in [1.165, 1.54) is 0 Å². The molecule has 0 unspecified atom stereocenters. The van der Waals surface area contributed by atoms with Gasteiger partial charge in [0.2, 0.25) is 0 Å². The Balaban J connectivity index is 1.63. The van der Waals surface area contributed by atoms with E-state index in [0.717, 1.165) is 11.1 Å². The minimum Gasteiger partial charge on any atom is -0.508 e. The molecule has 7 heteroatoms. The number of benzene rings is 2. The molecule has 124 valence electrons. The summed E-state index contributed by atoms with van der Waals surface area (Å²) in [4.78, 5) is 18.1. The SMILES string of the molecule is CN(C)c1nc2ccc(NC(=O)NCc3ccc(O)cc3)cc2o1. The van der Waals surface area contributed by atoms with E-state index < -0.39 is 0 Å². The van der Waals surface area contributed by atoms with E-state index in [1.807, 2.05) is 14.1 Å². The zero-order chi connectivity index (χ0) is 17.1. The molecule has 0 fully saturated rings. The highest BCUT2D eigenvalue weighted by atomic mass is 16.4. The average molecular weight is 326 g/mol. The molecule has 1 heterocycles. The molecule has 1 aromatic heterocycles.